The van der Waals surface area contributed by atoms with Gasteiger partial charge in [0.25, 0.3) is 5.91 Å². The number of nitrogens with one attached hydrogen (secondary N) is 1. The van der Waals surface area contributed by atoms with Gasteiger partial charge in [-0.3, -0.25) is 4.79 Å². The fourth-order valence-corrected chi connectivity index (χ4v) is 3.03. The van der Waals surface area contributed by atoms with Crippen LogP contribution < -0.4 is 10.2 Å². The molecule has 0 aromatic heterocycles. The van der Waals surface area contributed by atoms with E-state index in [2.05, 4.69) is 5.32 Å². The van der Waals surface area contributed by atoms with Crippen molar-refractivity contribution in [3.05, 3.63) is 95.1 Å². The quantitative estimate of drug-likeness (QED) is 0.662. The first-order valence-electron chi connectivity index (χ1n) is 8.94. The smallest absolute Gasteiger partial charge is 0.335 e. The summed E-state index contributed by atoms with van der Waals surface area (Å²) >= 11 is 0. The molecule has 28 heavy (non-hydrogen) atoms. The third-order valence-corrected chi connectivity index (χ3v) is 4.45. The van der Waals surface area contributed by atoms with Gasteiger partial charge in [0.15, 0.2) is 0 Å². The van der Waals surface area contributed by atoms with Gasteiger partial charge in [0, 0.05) is 19.2 Å². The van der Waals surface area contributed by atoms with Crippen molar-refractivity contribution in [2.75, 3.05) is 17.3 Å². The molecule has 0 unspecified atom stereocenters. The van der Waals surface area contributed by atoms with Crippen LogP contribution >= 0.6 is 0 Å². The number of amides is 1. The van der Waals surface area contributed by atoms with Crippen molar-refractivity contribution >= 4 is 23.3 Å². The molecule has 2 N–H and O–H groups in total. The van der Waals surface area contributed by atoms with Crippen LogP contribution in [0.25, 0.3) is 0 Å². The summed E-state index contributed by atoms with van der Waals surface area (Å²) in [5, 5.41) is 12.2. The Hall–Kier alpha value is -3.60. The zero-order chi connectivity index (χ0) is 20.1. The first kappa shape index (κ1) is 19.2. The molecule has 0 fully saturated rings. The molecule has 0 aliphatic rings. The number of aryl methyl sites for hydroxylation is 1. The van der Waals surface area contributed by atoms with Crippen molar-refractivity contribution in [1.29, 1.82) is 0 Å². The number of hydrogen-bond acceptors (Lipinski definition) is 3. The van der Waals surface area contributed by atoms with Gasteiger partial charge >= 0.3 is 5.97 Å². The molecule has 0 spiro atoms. The number of benzene rings is 3. The van der Waals surface area contributed by atoms with E-state index in [9.17, 15) is 14.7 Å². The van der Waals surface area contributed by atoms with Crippen LogP contribution in [0.4, 0.5) is 11.4 Å². The van der Waals surface area contributed by atoms with Gasteiger partial charge in [0.2, 0.25) is 0 Å². The molecule has 0 saturated carbocycles. The number of carboxylic acid groups (broad SMARTS) is 1. The largest absolute Gasteiger partial charge is 0.478 e. The molecular weight excluding hydrogens is 352 g/mol. The predicted octanol–water partition coefficient (Wildman–Crippen LogP) is 4.58. The third-order valence-electron chi connectivity index (χ3n) is 4.45. The van der Waals surface area contributed by atoms with Gasteiger partial charge < -0.3 is 15.3 Å². The lowest BCUT2D eigenvalue weighted by molar-refractivity contribution is 0.0696. The molecular formula is C23H22N2O3. The molecule has 0 aliphatic heterocycles. The summed E-state index contributed by atoms with van der Waals surface area (Å²) in [6.07, 6.45) is 0. The van der Waals surface area contributed by atoms with Gasteiger partial charge in [0.05, 0.1) is 16.9 Å². The SMILES string of the molecule is Cc1cccc(C(=O)Nc2cc(C(=O)O)ccc2N(C)Cc2ccccc2)c1. The normalized spacial score (nSPS) is 10.4. The van der Waals surface area contributed by atoms with Crippen LogP contribution in [-0.4, -0.2) is 24.0 Å². The minimum absolute atomic E-state index is 0.122. The summed E-state index contributed by atoms with van der Waals surface area (Å²) in [6.45, 7) is 2.54. The van der Waals surface area contributed by atoms with Gasteiger partial charge in [-0.1, -0.05) is 48.0 Å². The summed E-state index contributed by atoms with van der Waals surface area (Å²) in [4.78, 5) is 26.1. The summed E-state index contributed by atoms with van der Waals surface area (Å²) in [7, 11) is 1.91. The molecule has 0 radical (unpaired) electrons. The Balaban J connectivity index is 1.91. The Labute approximate surface area is 164 Å². The Morgan fingerprint density at radius 2 is 1.68 bits per heavy atom. The maximum absolute atomic E-state index is 12.7. The van der Waals surface area contributed by atoms with Gasteiger partial charge in [-0.25, -0.2) is 4.79 Å². The van der Waals surface area contributed by atoms with E-state index >= 15 is 0 Å². The summed E-state index contributed by atoms with van der Waals surface area (Å²) in [5.41, 5.74) is 3.95. The van der Waals surface area contributed by atoms with Crippen LogP contribution in [0.3, 0.4) is 0 Å². The van der Waals surface area contributed by atoms with E-state index < -0.39 is 5.97 Å². The molecule has 1 amide bonds. The van der Waals surface area contributed by atoms with Crippen molar-refractivity contribution in [2.45, 2.75) is 13.5 Å². The molecule has 0 atom stereocenters. The molecule has 5 heteroatoms. The number of carbonyl (C=O) groups is 2. The van der Waals surface area contributed by atoms with E-state index in [4.69, 9.17) is 0 Å². The molecule has 3 aromatic rings. The summed E-state index contributed by atoms with van der Waals surface area (Å²) in [5.74, 6) is -1.32. The second-order valence-electron chi connectivity index (χ2n) is 6.70. The van der Waals surface area contributed by atoms with Crippen molar-refractivity contribution in [3.63, 3.8) is 0 Å². The Bertz CT molecular complexity index is 1000. The molecule has 0 saturated heterocycles. The Morgan fingerprint density at radius 3 is 2.36 bits per heavy atom. The first-order chi connectivity index (χ1) is 13.4. The molecule has 5 nitrogen and oxygen atoms in total. The average molecular weight is 374 g/mol. The molecule has 3 aromatic carbocycles. The maximum atomic E-state index is 12.7. The standard InChI is InChI=1S/C23H22N2O3/c1-16-7-6-10-18(13-16)22(26)24-20-14-19(23(27)28)11-12-21(20)25(2)15-17-8-4-3-5-9-17/h3-14H,15H2,1-2H3,(H,24,26)(H,27,28). The number of nitrogens with zero attached hydrogens (tertiary/aromatic N) is 1. The lowest BCUT2D eigenvalue weighted by Crippen LogP contribution is -2.20. The highest BCUT2D eigenvalue weighted by molar-refractivity contribution is 6.06. The average Bonchev–Trinajstić information content (AvgIpc) is 2.68. The molecule has 0 heterocycles. The number of carbonyl (C=O) groups excluding carboxylic acids is 1. The minimum Gasteiger partial charge on any atom is -0.478 e. The van der Waals surface area contributed by atoms with Crippen LogP contribution in [0.15, 0.2) is 72.8 Å². The van der Waals surface area contributed by atoms with Crippen molar-refractivity contribution < 1.29 is 14.7 Å². The molecule has 142 valence electrons. The fraction of sp³-hybridized carbons (Fsp3) is 0.130. The zero-order valence-corrected chi connectivity index (χ0v) is 15.8. The van der Waals surface area contributed by atoms with Gasteiger partial charge in [-0.15, -0.1) is 0 Å². The van der Waals surface area contributed by atoms with E-state index in [-0.39, 0.29) is 11.5 Å². The van der Waals surface area contributed by atoms with Crippen molar-refractivity contribution in [3.8, 4) is 0 Å². The van der Waals surface area contributed by atoms with E-state index in [1.165, 1.54) is 6.07 Å². The second-order valence-corrected chi connectivity index (χ2v) is 6.70. The highest BCUT2D eigenvalue weighted by Gasteiger charge is 2.15. The number of aromatic carboxylic acids is 1. The fourth-order valence-electron chi connectivity index (χ4n) is 3.03. The van der Waals surface area contributed by atoms with Crippen molar-refractivity contribution in [1.82, 2.24) is 0 Å². The topological polar surface area (TPSA) is 69.6 Å². The summed E-state index contributed by atoms with van der Waals surface area (Å²) < 4.78 is 0. The monoisotopic (exact) mass is 374 g/mol. The molecule has 0 bridgehead atoms. The second kappa shape index (κ2) is 8.39. The van der Waals surface area contributed by atoms with Crippen LogP contribution in [0, 0.1) is 6.92 Å². The Kier molecular flexibility index (Phi) is 5.75. The first-order valence-corrected chi connectivity index (χ1v) is 8.94. The maximum Gasteiger partial charge on any atom is 0.335 e. The van der Waals surface area contributed by atoms with E-state index in [0.717, 1.165) is 16.8 Å². The molecule has 0 aliphatic carbocycles. The predicted molar refractivity (Wildman–Crippen MR) is 111 cm³/mol. The highest BCUT2D eigenvalue weighted by Crippen LogP contribution is 2.28. The van der Waals surface area contributed by atoms with Crippen LogP contribution in [0.2, 0.25) is 0 Å². The van der Waals surface area contributed by atoms with Crippen LogP contribution in [-0.2, 0) is 6.54 Å². The third kappa shape index (κ3) is 4.57. The van der Waals surface area contributed by atoms with E-state index in [1.54, 1.807) is 24.3 Å². The minimum atomic E-state index is -1.04. The number of carboxylic acids is 1. The van der Waals surface area contributed by atoms with Gasteiger partial charge in [-0.2, -0.15) is 0 Å². The highest BCUT2D eigenvalue weighted by atomic mass is 16.4. The lowest BCUT2D eigenvalue weighted by Gasteiger charge is -2.23. The number of anilines is 2. The zero-order valence-electron chi connectivity index (χ0n) is 15.8. The van der Waals surface area contributed by atoms with Crippen molar-refractivity contribution in [2.24, 2.45) is 0 Å². The molecule has 3 rings (SSSR count). The van der Waals surface area contributed by atoms with Crippen LogP contribution in [0.1, 0.15) is 31.8 Å². The number of rotatable bonds is 6. The lowest BCUT2D eigenvalue weighted by atomic mass is 10.1. The van der Waals surface area contributed by atoms with Gasteiger partial charge in [-0.05, 0) is 42.8 Å². The number of hydrogen-bond donors (Lipinski definition) is 2. The van der Waals surface area contributed by atoms with E-state index in [0.29, 0.717) is 17.8 Å². The van der Waals surface area contributed by atoms with Gasteiger partial charge in [0.1, 0.15) is 0 Å². The van der Waals surface area contributed by atoms with E-state index in [1.807, 2.05) is 61.3 Å². The Morgan fingerprint density at radius 1 is 0.929 bits per heavy atom. The summed E-state index contributed by atoms with van der Waals surface area (Å²) in [6, 6.07) is 22.0. The van der Waals surface area contributed by atoms with Crippen LogP contribution in [0.5, 0.6) is 0 Å².